The van der Waals surface area contributed by atoms with Crippen LogP contribution in [0.15, 0.2) is 18.2 Å². The average molecular weight is 218 g/mol. The number of aryl methyl sites for hydroxylation is 1. The van der Waals surface area contributed by atoms with Gasteiger partial charge in [0.25, 0.3) is 0 Å². The second-order valence-electron chi connectivity index (χ2n) is 4.87. The minimum absolute atomic E-state index is 0.685. The smallest absolute Gasteiger partial charge is 0.0237 e. The lowest BCUT2D eigenvalue weighted by molar-refractivity contribution is 0.321. The zero-order valence-electron chi connectivity index (χ0n) is 10.6. The monoisotopic (exact) mass is 218 g/mol. The van der Waals surface area contributed by atoms with Crippen LogP contribution in [0, 0.1) is 13.8 Å². The Morgan fingerprint density at radius 1 is 1.38 bits per heavy atom. The summed E-state index contributed by atoms with van der Waals surface area (Å²) in [6, 6.07) is 7.31. The predicted octanol–water partition coefficient (Wildman–Crippen LogP) is 2.10. The van der Waals surface area contributed by atoms with Crippen molar-refractivity contribution in [3.05, 3.63) is 34.9 Å². The highest BCUT2D eigenvalue weighted by Crippen LogP contribution is 2.18. The number of nitrogens with one attached hydrogen (secondary N) is 1. The molecule has 1 saturated heterocycles. The molecule has 0 aromatic heterocycles. The van der Waals surface area contributed by atoms with Crippen LogP contribution < -0.4 is 5.32 Å². The van der Waals surface area contributed by atoms with Crippen LogP contribution in [-0.2, 0) is 6.54 Å². The Morgan fingerprint density at radius 2 is 2.19 bits per heavy atom. The van der Waals surface area contributed by atoms with Crippen LogP contribution in [0.4, 0.5) is 0 Å². The average Bonchev–Trinajstić information content (AvgIpc) is 2.73. The topological polar surface area (TPSA) is 15.3 Å². The molecule has 1 aromatic carbocycles. The third kappa shape index (κ3) is 2.45. The molecule has 2 heteroatoms. The maximum atomic E-state index is 3.36. The van der Waals surface area contributed by atoms with E-state index < -0.39 is 0 Å². The molecule has 1 aliphatic heterocycles. The van der Waals surface area contributed by atoms with E-state index in [1.165, 1.54) is 36.2 Å². The molecule has 0 aliphatic carbocycles. The molecular formula is C14H22N2. The molecule has 1 atom stereocenters. The molecule has 2 rings (SSSR count). The molecule has 2 nitrogen and oxygen atoms in total. The van der Waals surface area contributed by atoms with Crippen LogP contribution in [0.1, 0.15) is 23.1 Å². The highest BCUT2D eigenvalue weighted by molar-refractivity contribution is 5.33. The van der Waals surface area contributed by atoms with Crippen LogP contribution in [0.3, 0.4) is 0 Å². The summed E-state index contributed by atoms with van der Waals surface area (Å²) in [6.45, 7) is 7.93. The number of likely N-dealkylation sites (tertiary alicyclic amines) is 1. The predicted molar refractivity (Wildman–Crippen MR) is 68.7 cm³/mol. The first-order valence-electron chi connectivity index (χ1n) is 6.15. The fourth-order valence-corrected chi connectivity index (χ4v) is 2.44. The maximum absolute atomic E-state index is 3.36. The molecule has 0 spiro atoms. The van der Waals surface area contributed by atoms with Gasteiger partial charge in [0.2, 0.25) is 0 Å². The number of hydrogen-bond donors (Lipinski definition) is 1. The summed E-state index contributed by atoms with van der Waals surface area (Å²) < 4.78 is 0. The van der Waals surface area contributed by atoms with Crippen molar-refractivity contribution in [3.63, 3.8) is 0 Å². The summed E-state index contributed by atoms with van der Waals surface area (Å²) in [4.78, 5) is 2.54. The molecule has 1 heterocycles. The van der Waals surface area contributed by atoms with E-state index in [0.29, 0.717) is 6.04 Å². The van der Waals surface area contributed by atoms with Gasteiger partial charge in [-0.3, -0.25) is 4.90 Å². The van der Waals surface area contributed by atoms with E-state index >= 15 is 0 Å². The van der Waals surface area contributed by atoms with Crippen LogP contribution in [0.25, 0.3) is 0 Å². The SMILES string of the molecule is CNC1CCN(Cc2cccc(C)c2C)C1. The summed E-state index contributed by atoms with van der Waals surface area (Å²) in [7, 11) is 2.06. The van der Waals surface area contributed by atoms with Crippen molar-refractivity contribution in [1.29, 1.82) is 0 Å². The van der Waals surface area contributed by atoms with Gasteiger partial charge in [-0.15, -0.1) is 0 Å². The van der Waals surface area contributed by atoms with Gasteiger partial charge in [0, 0.05) is 25.7 Å². The molecule has 1 unspecified atom stereocenters. The lowest BCUT2D eigenvalue weighted by Crippen LogP contribution is -2.29. The largest absolute Gasteiger partial charge is 0.316 e. The van der Waals surface area contributed by atoms with E-state index in [2.05, 4.69) is 49.3 Å². The van der Waals surface area contributed by atoms with Crippen molar-refractivity contribution >= 4 is 0 Å². The van der Waals surface area contributed by atoms with Gasteiger partial charge in [0.1, 0.15) is 0 Å². The first kappa shape index (κ1) is 11.6. The molecule has 0 radical (unpaired) electrons. The quantitative estimate of drug-likeness (QED) is 0.836. The number of nitrogens with zero attached hydrogens (tertiary/aromatic N) is 1. The fraction of sp³-hybridized carbons (Fsp3) is 0.571. The Morgan fingerprint density at radius 3 is 2.88 bits per heavy atom. The van der Waals surface area contributed by atoms with E-state index in [4.69, 9.17) is 0 Å². The van der Waals surface area contributed by atoms with Gasteiger partial charge in [-0.05, 0) is 44.0 Å². The zero-order valence-corrected chi connectivity index (χ0v) is 10.6. The van der Waals surface area contributed by atoms with Crippen LogP contribution in [-0.4, -0.2) is 31.1 Å². The molecule has 0 amide bonds. The molecule has 16 heavy (non-hydrogen) atoms. The lowest BCUT2D eigenvalue weighted by atomic mass is 10.0. The molecule has 88 valence electrons. The minimum Gasteiger partial charge on any atom is -0.316 e. The standard InChI is InChI=1S/C14H22N2/c1-11-5-4-6-13(12(11)2)9-16-8-7-14(10-16)15-3/h4-6,14-15H,7-10H2,1-3H3. The van der Waals surface area contributed by atoms with Crippen molar-refractivity contribution < 1.29 is 0 Å². The fourth-order valence-electron chi connectivity index (χ4n) is 2.44. The highest BCUT2D eigenvalue weighted by atomic mass is 15.2. The molecule has 0 saturated carbocycles. The summed E-state index contributed by atoms with van der Waals surface area (Å²) in [6.07, 6.45) is 1.28. The van der Waals surface area contributed by atoms with Crippen LogP contribution in [0.5, 0.6) is 0 Å². The summed E-state index contributed by atoms with van der Waals surface area (Å²) >= 11 is 0. The Kier molecular flexibility index (Phi) is 3.62. The second-order valence-corrected chi connectivity index (χ2v) is 4.87. The highest BCUT2D eigenvalue weighted by Gasteiger charge is 2.21. The van der Waals surface area contributed by atoms with Gasteiger partial charge < -0.3 is 5.32 Å². The van der Waals surface area contributed by atoms with E-state index in [0.717, 1.165) is 6.54 Å². The van der Waals surface area contributed by atoms with Gasteiger partial charge in [-0.25, -0.2) is 0 Å². The Bertz CT molecular complexity index is 360. The molecule has 1 aliphatic rings. The van der Waals surface area contributed by atoms with Gasteiger partial charge in [0.05, 0.1) is 0 Å². The third-order valence-electron chi connectivity index (χ3n) is 3.79. The molecule has 0 bridgehead atoms. The summed E-state index contributed by atoms with van der Waals surface area (Å²) in [5, 5.41) is 3.36. The summed E-state index contributed by atoms with van der Waals surface area (Å²) in [5.74, 6) is 0. The van der Waals surface area contributed by atoms with E-state index in [-0.39, 0.29) is 0 Å². The second kappa shape index (κ2) is 4.98. The first-order chi connectivity index (χ1) is 7.70. The number of likely N-dealkylation sites (N-methyl/N-ethyl adjacent to an activating group) is 1. The van der Waals surface area contributed by atoms with Crippen LogP contribution in [0.2, 0.25) is 0 Å². The van der Waals surface area contributed by atoms with Crippen molar-refractivity contribution in [1.82, 2.24) is 10.2 Å². The van der Waals surface area contributed by atoms with E-state index in [1.54, 1.807) is 0 Å². The molecule has 1 aromatic rings. The van der Waals surface area contributed by atoms with Crippen molar-refractivity contribution in [2.75, 3.05) is 20.1 Å². The van der Waals surface area contributed by atoms with Crippen molar-refractivity contribution in [3.8, 4) is 0 Å². The Labute approximate surface area is 98.7 Å². The molecule has 1 fully saturated rings. The number of rotatable bonds is 3. The minimum atomic E-state index is 0.685. The molecular weight excluding hydrogens is 196 g/mol. The first-order valence-corrected chi connectivity index (χ1v) is 6.15. The normalized spacial score (nSPS) is 21.6. The van der Waals surface area contributed by atoms with E-state index in [1.807, 2.05) is 0 Å². The van der Waals surface area contributed by atoms with Gasteiger partial charge >= 0.3 is 0 Å². The van der Waals surface area contributed by atoms with Gasteiger partial charge in [-0.1, -0.05) is 18.2 Å². The van der Waals surface area contributed by atoms with Gasteiger partial charge in [-0.2, -0.15) is 0 Å². The van der Waals surface area contributed by atoms with Crippen molar-refractivity contribution in [2.24, 2.45) is 0 Å². The van der Waals surface area contributed by atoms with Crippen molar-refractivity contribution in [2.45, 2.75) is 32.9 Å². The zero-order chi connectivity index (χ0) is 11.5. The Balaban J connectivity index is 2.02. The number of hydrogen-bond acceptors (Lipinski definition) is 2. The maximum Gasteiger partial charge on any atom is 0.0237 e. The molecule has 1 N–H and O–H groups in total. The van der Waals surface area contributed by atoms with Gasteiger partial charge in [0.15, 0.2) is 0 Å². The lowest BCUT2D eigenvalue weighted by Gasteiger charge is -2.18. The Hall–Kier alpha value is -0.860. The third-order valence-corrected chi connectivity index (χ3v) is 3.79. The van der Waals surface area contributed by atoms with Crippen LogP contribution >= 0.6 is 0 Å². The summed E-state index contributed by atoms with van der Waals surface area (Å²) in [5.41, 5.74) is 4.34. The van der Waals surface area contributed by atoms with E-state index in [9.17, 15) is 0 Å². The number of benzene rings is 1.